The highest BCUT2D eigenvalue weighted by Gasteiger charge is 2.04. The number of nitrogens with one attached hydrogen (secondary N) is 2. The van der Waals surface area contributed by atoms with Gasteiger partial charge in [0.25, 0.3) is 0 Å². The quantitative estimate of drug-likeness (QED) is 0.785. The van der Waals surface area contributed by atoms with Gasteiger partial charge in [-0.3, -0.25) is 4.68 Å². The fourth-order valence-corrected chi connectivity index (χ4v) is 1.97. The third-order valence-corrected chi connectivity index (χ3v) is 3.24. The maximum Gasteiger partial charge on any atom is 0.319 e. The van der Waals surface area contributed by atoms with E-state index in [1.54, 1.807) is 42.1 Å². The Kier molecular flexibility index (Phi) is 4.94. The van der Waals surface area contributed by atoms with E-state index in [-0.39, 0.29) is 6.03 Å². The first-order valence-corrected chi connectivity index (χ1v) is 6.86. The molecule has 3 N–H and O–H groups in total. The van der Waals surface area contributed by atoms with E-state index < -0.39 is 6.10 Å². The molecule has 0 spiro atoms. The van der Waals surface area contributed by atoms with Crippen LogP contribution >= 0.6 is 0 Å². The summed E-state index contributed by atoms with van der Waals surface area (Å²) in [5, 5.41) is 19.0. The van der Waals surface area contributed by atoms with Crippen molar-refractivity contribution in [2.45, 2.75) is 19.4 Å². The predicted molar refractivity (Wildman–Crippen MR) is 81.0 cm³/mol. The van der Waals surface area contributed by atoms with E-state index >= 15 is 0 Å². The molecule has 0 aliphatic carbocycles. The fourth-order valence-electron chi connectivity index (χ4n) is 1.97. The Morgan fingerprint density at radius 2 is 2.05 bits per heavy atom. The summed E-state index contributed by atoms with van der Waals surface area (Å²) in [5.74, 6) is 0. The summed E-state index contributed by atoms with van der Waals surface area (Å²) in [6.45, 7) is 2.24. The van der Waals surface area contributed by atoms with Crippen molar-refractivity contribution < 1.29 is 9.90 Å². The lowest BCUT2D eigenvalue weighted by molar-refractivity contribution is 0.199. The maximum atomic E-state index is 11.8. The molecule has 2 rings (SSSR count). The zero-order chi connectivity index (χ0) is 15.2. The summed E-state index contributed by atoms with van der Waals surface area (Å²) in [7, 11) is 1.87. The summed E-state index contributed by atoms with van der Waals surface area (Å²) >= 11 is 0. The van der Waals surface area contributed by atoms with E-state index in [1.807, 2.05) is 13.1 Å². The number of benzene rings is 1. The number of amides is 2. The number of aromatic nitrogens is 2. The minimum absolute atomic E-state index is 0.248. The molecule has 0 radical (unpaired) electrons. The van der Waals surface area contributed by atoms with Crippen LogP contribution in [0.25, 0.3) is 0 Å². The molecule has 0 fully saturated rings. The Labute approximate surface area is 123 Å². The maximum absolute atomic E-state index is 11.8. The minimum Gasteiger partial charge on any atom is -0.389 e. The molecule has 6 nitrogen and oxygen atoms in total. The summed E-state index contributed by atoms with van der Waals surface area (Å²) in [6, 6.07) is 8.79. The fraction of sp³-hybridized carbons (Fsp3) is 0.333. The molecule has 1 aromatic heterocycles. The van der Waals surface area contributed by atoms with Gasteiger partial charge in [-0.2, -0.15) is 5.10 Å². The van der Waals surface area contributed by atoms with Gasteiger partial charge in [-0.15, -0.1) is 0 Å². The second kappa shape index (κ2) is 6.90. The van der Waals surface area contributed by atoms with Crippen molar-refractivity contribution in [2.24, 2.45) is 7.05 Å². The highest BCUT2D eigenvalue weighted by Crippen LogP contribution is 2.15. The van der Waals surface area contributed by atoms with E-state index in [2.05, 4.69) is 15.7 Å². The Morgan fingerprint density at radius 3 is 2.62 bits per heavy atom. The van der Waals surface area contributed by atoms with Gasteiger partial charge in [-0.25, -0.2) is 4.79 Å². The summed E-state index contributed by atoms with van der Waals surface area (Å²) < 4.78 is 1.79. The van der Waals surface area contributed by atoms with Crippen LogP contribution in [0.1, 0.15) is 24.3 Å². The third-order valence-electron chi connectivity index (χ3n) is 3.24. The molecule has 1 atom stereocenters. The number of aryl methyl sites for hydroxylation is 1. The minimum atomic E-state index is -0.508. The van der Waals surface area contributed by atoms with Crippen LogP contribution in [0.4, 0.5) is 10.5 Å². The SMILES string of the molecule is CC(O)c1ccc(NC(=O)NCCc2ccnn2C)cc1. The summed E-state index contributed by atoms with van der Waals surface area (Å²) in [5.41, 5.74) is 2.58. The highest BCUT2D eigenvalue weighted by atomic mass is 16.3. The van der Waals surface area contributed by atoms with Crippen LogP contribution in [0, 0.1) is 0 Å². The van der Waals surface area contributed by atoms with Crippen molar-refractivity contribution in [1.29, 1.82) is 0 Å². The van der Waals surface area contributed by atoms with E-state index in [9.17, 15) is 9.90 Å². The summed E-state index contributed by atoms with van der Waals surface area (Å²) in [6.07, 6.45) is 1.95. The molecule has 2 aromatic rings. The van der Waals surface area contributed by atoms with Crippen LogP contribution in [-0.2, 0) is 13.5 Å². The number of hydrogen-bond acceptors (Lipinski definition) is 3. The average molecular weight is 288 g/mol. The molecule has 1 aromatic carbocycles. The lowest BCUT2D eigenvalue weighted by atomic mass is 10.1. The Morgan fingerprint density at radius 1 is 1.33 bits per heavy atom. The Bertz CT molecular complexity index is 590. The van der Waals surface area contributed by atoms with E-state index in [0.29, 0.717) is 12.2 Å². The van der Waals surface area contributed by atoms with Crippen LogP contribution in [0.2, 0.25) is 0 Å². The van der Waals surface area contributed by atoms with E-state index in [4.69, 9.17) is 0 Å². The first kappa shape index (κ1) is 15.1. The van der Waals surface area contributed by atoms with Gasteiger partial charge in [-0.05, 0) is 30.7 Å². The number of aliphatic hydroxyl groups is 1. The van der Waals surface area contributed by atoms with Gasteiger partial charge in [0, 0.05) is 37.6 Å². The lowest BCUT2D eigenvalue weighted by Gasteiger charge is -2.09. The monoisotopic (exact) mass is 288 g/mol. The van der Waals surface area contributed by atoms with Crippen LogP contribution in [-0.4, -0.2) is 27.5 Å². The van der Waals surface area contributed by atoms with Crippen LogP contribution in [0.3, 0.4) is 0 Å². The van der Waals surface area contributed by atoms with Gasteiger partial charge in [0.2, 0.25) is 0 Å². The summed E-state index contributed by atoms with van der Waals surface area (Å²) in [4.78, 5) is 11.8. The van der Waals surface area contributed by atoms with Crippen LogP contribution < -0.4 is 10.6 Å². The Balaban J connectivity index is 1.78. The molecule has 1 unspecified atom stereocenters. The average Bonchev–Trinajstić information content (AvgIpc) is 2.85. The zero-order valence-electron chi connectivity index (χ0n) is 12.2. The number of hydrogen-bond donors (Lipinski definition) is 3. The molecular formula is C15H20N4O2. The van der Waals surface area contributed by atoms with Gasteiger partial charge in [0.05, 0.1) is 6.10 Å². The van der Waals surface area contributed by atoms with Crippen molar-refractivity contribution in [3.63, 3.8) is 0 Å². The molecule has 1 heterocycles. The molecule has 0 aliphatic rings. The number of carbonyl (C=O) groups is 1. The highest BCUT2D eigenvalue weighted by molar-refractivity contribution is 5.89. The van der Waals surface area contributed by atoms with Crippen molar-refractivity contribution >= 4 is 11.7 Å². The van der Waals surface area contributed by atoms with Crippen molar-refractivity contribution in [1.82, 2.24) is 15.1 Å². The second-order valence-electron chi connectivity index (χ2n) is 4.88. The number of carbonyl (C=O) groups excluding carboxylic acids is 1. The van der Waals surface area contributed by atoms with Gasteiger partial charge >= 0.3 is 6.03 Å². The Hall–Kier alpha value is -2.34. The van der Waals surface area contributed by atoms with Gasteiger partial charge in [0.1, 0.15) is 0 Å². The molecule has 0 bridgehead atoms. The molecule has 2 amide bonds. The number of anilines is 1. The molecule has 21 heavy (non-hydrogen) atoms. The molecule has 0 saturated carbocycles. The molecule has 112 valence electrons. The largest absolute Gasteiger partial charge is 0.389 e. The number of rotatable bonds is 5. The first-order valence-electron chi connectivity index (χ1n) is 6.86. The third kappa shape index (κ3) is 4.32. The molecule has 0 aliphatic heterocycles. The van der Waals surface area contributed by atoms with Crippen molar-refractivity contribution in [3.8, 4) is 0 Å². The topological polar surface area (TPSA) is 79.2 Å². The molecular weight excluding hydrogens is 268 g/mol. The van der Waals surface area contributed by atoms with Crippen LogP contribution in [0.5, 0.6) is 0 Å². The predicted octanol–water partition coefficient (Wildman–Crippen LogP) is 1.84. The first-order chi connectivity index (χ1) is 10.1. The van der Waals surface area contributed by atoms with E-state index in [0.717, 1.165) is 17.7 Å². The van der Waals surface area contributed by atoms with Crippen LogP contribution in [0.15, 0.2) is 36.5 Å². The van der Waals surface area contributed by atoms with Crippen molar-refractivity contribution in [3.05, 3.63) is 47.8 Å². The zero-order valence-corrected chi connectivity index (χ0v) is 12.2. The van der Waals surface area contributed by atoms with Crippen molar-refractivity contribution in [2.75, 3.05) is 11.9 Å². The standard InChI is InChI=1S/C15H20N4O2/c1-11(20)12-3-5-13(6-4-12)18-15(21)16-9-7-14-8-10-17-19(14)2/h3-6,8,10-11,20H,7,9H2,1-2H3,(H2,16,18,21). The van der Waals surface area contributed by atoms with Gasteiger partial charge in [-0.1, -0.05) is 12.1 Å². The normalized spacial score (nSPS) is 12.0. The smallest absolute Gasteiger partial charge is 0.319 e. The van der Waals surface area contributed by atoms with Gasteiger partial charge in [0.15, 0.2) is 0 Å². The number of aliphatic hydroxyl groups excluding tert-OH is 1. The number of nitrogens with zero attached hydrogens (tertiary/aromatic N) is 2. The lowest BCUT2D eigenvalue weighted by Crippen LogP contribution is -2.30. The van der Waals surface area contributed by atoms with Gasteiger partial charge < -0.3 is 15.7 Å². The second-order valence-corrected chi connectivity index (χ2v) is 4.88. The molecule has 6 heteroatoms. The molecule has 0 saturated heterocycles. The number of urea groups is 1. The van der Waals surface area contributed by atoms with E-state index in [1.165, 1.54) is 0 Å².